The van der Waals surface area contributed by atoms with Gasteiger partial charge in [-0.1, -0.05) is 0 Å². The fourth-order valence-corrected chi connectivity index (χ4v) is 2.34. The number of hydrogen-bond acceptors (Lipinski definition) is 3. The lowest BCUT2D eigenvalue weighted by molar-refractivity contribution is -0.132. The highest BCUT2D eigenvalue weighted by molar-refractivity contribution is 5.98. The number of benzene rings is 1. The minimum Gasteiger partial charge on any atom is -0.399 e. The molecule has 0 spiro atoms. The Bertz CT molecular complexity index is 448. The average Bonchev–Trinajstić information content (AvgIpc) is 2.46. The maximum atomic E-state index is 11.9. The third-order valence-corrected chi connectivity index (χ3v) is 3.51. The molecule has 1 saturated heterocycles. The molecule has 1 aromatic carbocycles. The molecule has 2 rings (SSSR count). The Morgan fingerprint density at radius 1 is 1.00 bits per heavy atom. The molecule has 0 aromatic heterocycles. The zero-order valence-corrected chi connectivity index (χ0v) is 11.1. The fraction of sp³-hybridized carbons (Fsp3) is 0.467. The van der Waals surface area contributed by atoms with E-state index < -0.39 is 0 Å². The third-order valence-electron chi connectivity index (χ3n) is 3.51. The molecule has 1 amide bonds. The zero-order chi connectivity index (χ0) is 13.7. The summed E-state index contributed by atoms with van der Waals surface area (Å²) >= 11 is 0. The fourth-order valence-electron chi connectivity index (χ4n) is 2.34. The van der Waals surface area contributed by atoms with Crippen LogP contribution >= 0.6 is 0 Å². The summed E-state index contributed by atoms with van der Waals surface area (Å²) in [6.07, 6.45) is 3.95. The first-order chi connectivity index (χ1) is 9.16. The van der Waals surface area contributed by atoms with Gasteiger partial charge in [-0.3, -0.25) is 9.59 Å². The van der Waals surface area contributed by atoms with Crippen molar-refractivity contribution in [3.05, 3.63) is 29.8 Å². The van der Waals surface area contributed by atoms with E-state index >= 15 is 0 Å². The van der Waals surface area contributed by atoms with Gasteiger partial charge in [0.15, 0.2) is 5.78 Å². The first-order valence-corrected chi connectivity index (χ1v) is 6.83. The molecule has 0 bridgehead atoms. The van der Waals surface area contributed by atoms with Gasteiger partial charge in [0.2, 0.25) is 5.91 Å². The Morgan fingerprint density at radius 3 is 2.26 bits per heavy atom. The van der Waals surface area contributed by atoms with Crippen LogP contribution in [0.1, 0.15) is 42.5 Å². The highest BCUT2D eigenvalue weighted by Crippen LogP contribution is 2.13. The van der Waals surface area contributed by atoms with E-state index in [1.807, 2.05) is 4.90 Å². The molecule has 1 fully saturated rings. The summed E-state index contributed by atoms with van der Waals surface area (Å²) in [6.45, 7) is 1.68. The number of anilines is 1. The van der Waals surface area contributed by atoms with Crippen LogP contribution in [0.5, 0.6) is 0 Å². The van der Waals surface area contributed by atoms with Crippen molar-refractivity contribution >= 4 is 17.4 Å². The number of amides is 1. The molecule has 102 valence electrons. The number of ketones is 1. The highest BCUT2D eigenvalue weighted by atomic mass is 16.2. The monoisotopic (exact) mass is 260 g/mol. The largest absolute Gasteiger partial charge is 0.399 e. The maximum Gasteiger partial charge on any atom is 0.223 e. The van der Waals surface area contributed by atoms with Gasteiger partial charge < -0.3 is 10.6 Å². The Balaban J connectivity index is 1.82. The molecular formula is C15H20N2O2. The predicted molar refractivity (Wildman–Crippen MR) is 74.8 cm³/mol. The summed E-state index contributed by atoms with van der Waals surface area (Å²) in [7, 11) is 0. The van der Waals surface area contributed by atoms with Gasteiger partial charge in [0.25, 0.3) is 0 Å². The van der Waals surface area contributed by atoms with Crippen molar-refractivity contribution in [3.8, 4) is 0 Å². The Kier molecular flexibility index (Phi) is 4.55. The van der Waals surface area contributed by atoms with Crippen molar-refractivity contribution in [2.24, 2.45) is 0 Å². The van der Waals surface area contributed by atoms with Crippen LogP contribution < -0.4 is 5.73 Å². The van der Waals surface area contributed by atoms with E-state index in [1.165, 1.54) is 6.42 Å². The van der Waals surface area contributed by atoms with E-state index in [2.05, 4.69) is 0 Å². The maximum absolute atomic E-state index is 11.9. The zero-order valence-electron chi connectivity index (χ0n) is 11.1. The normalized spacial score (nSPS) is 15.3. The van der Waals surface area contributed by atoms with Crippen LogP contribution in [0.15, 0.2) is 24.3 Å². The molecule has 0 saturated carbocycles. The van der Waals surface area contributed by atoms with Gasteiger partial charge in [0.05, 0.1) is 0 Å². The van der Waals surface area contributed by atoms with E-state index in [1.54, 1.807) is 24.3 Å². The van der Waals surface area contributed by atoms with Crippen molar-refractivity contribution in [2.75, 3.05) is 18.8 Å². The topological polar surface area (TPSA) is 63.4 Å². The predicted octanol–water partition coefficient (Wildman–Crippen LogP) is 2.24. The second kappa shape index (κ2) is 6.36. The number of hydrogen-bond donors (Lipinski definition) is 1. The molecule has 0 radical (unpaired) electrons. The molecule has 0 atom stereocenters. The van der Waals surface area contributed by atoms with E-state index in [9.17, 15) is 9.59 Å². The summed E-state index contributed by atoms with van der Waals surface area (Å²) in [6, 6.07) is 6.84. The number of nitrogen functional groups attached to an aromatic ring is 1. The molecule has 1 aliphatic heterocycles. The number of nitrogens with two attached hydrogens (primary N) is 1. The molecule has 0 aliphatic carbocycles. The minimum absolute atomic E-state index is 0.00496. The lowest BCUT2D eigenvalue weighted by Gasteiger charge is -2.26. The molecule has 1 aromatic rings. The van der Waals surface area contributed by atoms with Crippen molar-refractivity contribution in [1.82, 2.24) is 4.90 Å². The van der Waals surface area contributed by atoms with Crippen molar-refractivity contribution in [3.63, 3.8) is 0 Å². The van der Waals surface area contributed by atoms with Crippen LogP contribution in [0.4, 0.5) is 5.69 Å². The van der Waals surface area contributed by atoms with E-state index in [-0.39, 0.29) is 18.1 Å². The Hall–Kier alpha value is -1.84. The smallest absolute Gasteiger partial charge is 0.223 e. The van der Waals surface area contributed by atoms with Crippen LogP contribution in [-0.2, 0) is 4.79 Å². The SMILES string of the molecule is Nc1ccc(C(=O)CCC(=O)N2CCCCC2)cc1. The van der Waals surface area contributed by atoms with Crippen LogP contribution in [0.3, 0.4) is 0 Å². The first-order valence-electron chi connectivity index (χ1n) is 6.83. The van der Waals surface area contributed by atoms with Gasteiger partial charge in [-0.05, 0) is 43.5 Å². The van der Waals surface area contributed by atoms with Gasteiger partial charge in [0, 0.05) is 37.2 Å². The summed E-state index contributed by atoms with van der Waals surface area (Å²) in [4.78, 5) is 25.7. The third kappa shape index (κ3) is 3.81. The second-order valence-corrected chi connectivity index (χ2v) is 4.99. The lowest BCUT2D eigenvalue weighted by atomic mass is 10.0. The van der Waals surface area contributed by atoms with Crippen molar-refractivity contribution < 1.29 is 9.59 Å². The van der Waals surface area contributed by atoms with Crippen molar-refractivity contribution in [1.29, 1.82) is 0 Å². The molecule has 4 heteroatoms. The van der Waals surface area contributed by atoms with Gasteiger partial charge in [-0.15, -0.1) is 0 Å². The average molecular weight is 260 g/mol. The van der Waals surface area contributed by atoms with Crippen LogP contribution in [0.25, 0.3) is 0 Å². The standard InChI is InChI=1S/C15H20N2O2/c16-13-6-4-12(5-7-13)14(18)8-9-15(19)17-10-2-1-3-11-17/h4-7H,1-3,8-11,16H2. The minimum atomic E-state index is 0.00496. The summed E-state index contributed by atoms with van der Waals surface area (Å²) in [5.41, 5.74) is 6.84. The van der Waals surface area contributed by atoms with Gasteiger partial charge in [0.1, 0.15) is 0 Å². The first kappa shape index (κ1) is 13.6. The van der Waals surface area contributed by atoms with Crippen LogP contribution in [0.2, 0.25) is 0 Å². The number of piperidine rings is 1. The Morgan fingerprint density at radius 2 is 1.63 bits per heavy atom. The second-order valence-electron chi connectivity index (χ2n) is 4.99. The number of nitrogens with zero attached hydrogens (tertiary/aromatic N) is 1. The molecule has 0 unspecified atom stereocenters. The number of rotatable bonds is 4. The molecule has 2 N–H and O–H groups in total. The molecule has 4 nitrogen and oxygen atoms in total. The number of carbonyl (C=O) groups excluding carboxylic acids is 2. The molecule has 19 heavy (non-hydrogen) atoms. The van der Waals surface area contributed by atoms with E-state index in [4.69, 9.17) is 5.73 Å². The van der Waals surface area contributed by atoms with Crippen molar-refractivity contribution in [2.45, 2.75) is 32.1 Å². The molecule has 1 heterocycles. The quantitative estimate of drug-likeness (QED) is 0.667. The van der Waals surface area contributed by atoms with E-state index in [0.29, 0.717) is 17.7 Å². The van der Waals surface area contributed by atoms with Gasteiger partial charge in [-0.25, -0.2) is 0 Å². The summed E-state index contributed by atoms with van der Waals surface area (Å²) in [5, 5.41) is 0. The molecular weight excluding hydrogens is 240 g/mol. The summed E-state index contributed by atoms with van der Waals surface area (Å²) in [5.74, 6) is 0.105. The van der Waals surface area contributed by atoms with E-state index in [0.717, 1.165) is 25.9 Å². The van der Waals surface area contributed by atoms with Crippen LogP contribution in [-0.4, -0.2) is 29.7 Å². The Labute approximate surface area is 113 Å². The highest BCUT2D eigenvalue weighted by Gasteiger charge is 2.17. The van der Waals surface area contributed by atoms with Gasteiger partial charge >= 0.3 is 0 Å². The number of carbonyl (C=O) groups is 2. The van der Waals surface area contributed by atoms with Crippen LogP contribution in [0, 0.1) is 0 Å². The number of likely N-dealkylation sites (tertiary alicyclic amines) is 1. The van der Waals surface area contributed by atoms with Gasteiger partial charge in [-0.2, -0.15) is 0 Å². The number of Topliss-reactive ketones (excluding diaryl/α,β-unsaturated/α-hetero) is 1. The molecule has 1 aliphatic rings. The summed E-state index contributed by atoms with van der Waals surface area (Å²) < 4.78 is 0. The lowest BCUT2D eigenvalue weighted by Crippen LogP contribution is -2.35.